The van der Waals surface area contributed by atoms with Gasteiger partial charge in [-0.15, -0.1) is 0 Å². The van der Waals surface area contributed by atoms with E-state index in [9.17, 15) is 14.9 Å². The summed E-state index contributed by atoms with van der Waals surface area (Å²) in [5, 5.41) is 15.3. The summed E-state index contributed by atoms with van der Waals surface area (Å²) in [7, 11) is 0. The maximum Gasteiger partial charge on any atom is 0.270 e. The molecule has 1 fully saturated rings. The number of nitrogens with one attached hydrogen (secondary N) is 1. The summed E-state index contributed by atoms with van der Waals surface area (Å²) >= 11 is 0. The van der Waals surface area contributed by atoms with Gasteiger partial charge in [0.15, 0.2) is 0 Å². The van der Waals surface area contributed by atoms with E-state index in [1.165, 1.54) is 17.5 Å². The predicted molar refractivity (Wildman–Crippen MR) is 115 cm³/mol. The van der Waals surface area contributed by atoms with Gasteiger partial charge in [0.25, 0.3) is 11.6 Å². The molecule has 30 heavy (non-hydrogen) atoms. The zero-order valence-electron chi connectivity index (χ0n) is 16.6. The largest absolute Gasteiger partial charge is 0.378 e. The van der Waals surface area contributed by atoms with E-state index in [0.29, 0.717) is 44.1 Å². The van der Waals surface area contributed by atoms with E-state index < -0.39 is 4.92 Å². The zero-order chi connectivity index (χ0) is 20.9. The number of carbonyl (C=O) groups is 1. The van der Waals surface area contributed by atoms with Crippen LogP contribution in [0.2, 0.25) is 0 Å². The van der Waals surface area contributed by atoms with Crippen LogP contribution in [0.4, 0.5) is 11.4 Å². The van der Waals surface area contributed by atoms with Crippen molar-refractivity contribution >= 4 is 28.2 Å². The topological polar surface area (TPSA) is 89.6 Å². The highest BCUT2D eigenvalue weighted by Gasteiger charge is 2.21. The Morgan fingerprint density at radius 3 is 2.73 bits per heavy atom. The Labute approximate surface area is 174 Å². The predicted octanol–water partition coefficient (Wildman–Crippen LogP) is 3.21. The number of ether oxygens (including phenoxy) is 1. The Hall–Kier alpha value is -3.39. The minimum absolute atomic E-state index is 0.0871. The average molecular weight is 408 g/mol. The van der Waals surface area contributed by atoms with E-state index in [1.54, 1.807) is 6.07 Å². The molecule has 1 aliphatic heterocycles. The van der Waals surface area contributed by atoms with Gasteiger partial charge in [0, 0.05) is 50.0 Å². The molecule has 3 aromatic rings. The first-order valence-electron chi connectivity index (χ1n) is 10.1. The summed E-state index contributed by atoms with van der Waals surface area (Å²) in [4.78, 5) is 25.6. The fourth-order valence-electron chi connectivity index (χ4n) is 3.78. The number of carbonyl (C=O) groups excluding carboxylic acids is 1. The number of benzene rings is 2. The van der Waals surface area contributed by atoms with E-state index in [-0.39, 0.29) is 11.6 Å². The van der Waals surface area contributed by atoms with Crippen molar-refractivity contribution in [2.24, 2.45) is 0 Å². The van der Waals surface area contributed by atoms with E-state index >= 15 is 0 Å². The van der Waals surface area contributed by atoms with Crippen LogP contribution in [-0.4, -0.2) is 48.2 Å². The molecule has 0 radical (unpaired) electrons. The van der Waals surface area contributed by atoms with Crippen LogP contribution in [-0.2, 0) is 11.3 Å². The number of non-ortho nitro benzene ring substituents is 1. The lowest BCUT2D eigenvalue weighted by molar-refractivity contribution is -0.384. The molecule has 1 saturated heterocycles. The number of fused-ring (bicyclic) bond motifs is 1. The lowest BCUT2D eigenvalue weighted by Gasteiger charge is -2.30. The second kappa shape index (κ2) is 8.96. The monoisotopic (exact) mass is 408 g/mol. The zero-order valence-corrected chi connectivity index (χ0v) is 16.6. The molecule has 156 valence electrons. The molecular formula is C22H24N4O4. The minimum atomic E-state index is -0.475. The van der Waals surface area contributed by atoms with E-state index in [1.807, 2.05) is 23.2 Å². The number of hydrogen-bond acceptors (Lipinski definition) is 5. The summed E-state index contributed by atoms with van der Waals surface area (Å²) in [6, 6.07) is 14.7. The number of rotatable bonds is 7. The molecule has 1 amide bonds. The van der Waals surface area contributed by atoms with Crippen LogP contribution in [0.25, 0.3) is 10.9 Å². The smallest absolute Gasteiger partial charge is 0.270 e. The fraction of sp³-hybridized carbons (Fsp3) is 0.318. The second-order valence-electron chi connectivity index (χ2n) is 7.24. The Morgan fingerprint density at radius 2 is 1.93 bits per heavy atom. The maximum atomic E-state index is 12.9. The average Bonchev–Trinajstić information content (AvgIpc) is 3.20. The highest BCUT2D eigenvalue weighted by molar-refractivity contribution is 6.00. The third kappa shape index (κ3) is 4.28. The lowest BCUT2D eigenvalue weighted by Crippen LogP contribution is -2.38. The standard InChI is InChI=1S/C22H24N4O4/c27-22(23-9-3-10-24-11-8-17-4-1-2-5-20(17)24)19-16-18(26(28)29)6-7-21(19)25-12-14-30-15-13-25/h1-2,4-8,11,16H,3,9-10,12-15H2,(H,23,27). The van der Waals surface area contributed by atoms with Crippen molar-refractivity contribution in [1.82, 2.24) is 9.88 Å². The van der Waals surface area contributed by atoms with Gasteiger partial charge in [-0.2, -0.15) is 0 Å². The number of nitrogens with zero attached hydrogens (tertiary/aromatic N) is 3. The molecule has 2 aromatic carbocycles. The van der Waals surface area contributed by atoms with Gasteiger partial charge in [-0.25, -0.2) is 0 Å². The van der Waals surface area contributed by atoms with Crippen LogP contribution in [0.5, 0.6) is 0 Å². The molecule has 0 unspecified atom stereocenters. The van der Waals surface area contributed by atoms with Gasteiger partial charge in [-0.1, -0.05) is 18.2 Å². The number of morpholine rings is 1. The first-order valence-corrected chi connectivity index (χ1v) is 10.1. The third-order valence-electron chi connectivity index (χ3n) is 5.33. The molecular weight excluding hydrogens is 384 g/mol. The molecule has 4 rings (SSSR count). The molecule has 0 saturated carbocycles. The Balaban J connectivity index is 1.42. The van der Waals surface area contributed by atoms with Crippen molar-refractivity contribution < 1.29 is 14.5 Å². The first kappa shape index (κ1) is 19.9. The highest BCUT2D eigenvalue weighted by Crippen LogP contribution is 2.26. The van der Waals surface area contributed by atoms with Crippen LogP contribution in [0, 0.1) is 10.1 Å². The van der Waals surface area contributed by atoms with Crippen molar-refractivity contribution in [2.45, 2.75) is 13.0 Å². The number of aryl methyl sites for hydroxylation is 1. The Bertz CT molecular complexity index is 1060. The van der Waals surface area contributed by atoms with Gasteiger partial charge in [0.1, 0.15) is 0 Å². The SMILES string of the molecule is O=C(NCCCn1ccc2ccccc21)c1cc([N+](=O)[O-])ccc1N1CCOCC1. The van der Waals surface area contributed by atoms with Gasteiger partial charge in [0.2, 0.25) is 0 Å². The second-order valence-corrected chi connectivity index (χ2v) is 7.24. The molecule has 2 heterocycles. The molecule has 8 heteroatoms. The number of aromatic nitrogens is 1. The van der Waals surface area contributed by atoms with Crippen LogP contribution < -0.4 is 10.2 Å². The van der Waals surface area contributed by atoms with Crippen LogP contribution in [0.15, 0.2) is 54.7 Å². The van der Waals surface area contributed by atoms with Crippen molar-refractivity contribution in [3.05, 3.63) is 70.4 Å². The van der Waals surface area contributed by atoms with Crippen molar-refractivity contribution in [1.29, 1.82) is 0 Å². The quantitative estimate of drug-likeness (QED) is 0.368. The minimum Gasteiger partial charge on any atom is -0.378 e. The number of para-hydroxylation sites is 1. The summed E-state index contributed by atoms with van der Waals surface area (Å²) in [5.74, 6) is -0.294. The molecule has 1 aliphatic rings. The number of amides is 1. The molecule has 0 aliphatic carbocycles. The van der Waals surface area contributed by atoms with Crippen LogP contribution >= 0.6 is 0 Å². The summed E-state index contributed by atoms with van der Waals surface area (Å²) < 4.78 is 7.54. The lowest BCUT2D eigenvalue weighted by atomic mass is 10.1. The van der Waals surface area contributed by atoms with Crippen LogP contribution in [0.1, 0.15) is 16.8 Å². The molecule has 8 nitrogen and oxygen atoms in total. The highest BCUT2D eigenvalue weighted by atomic mass is 16.6. The fourth-order valence-corrected chi connectivity index (χ4v) is 3.78. The van der Waals surface area contributed by atoms with E-state index in [2.05, 4.69) is 28.1 Å². The normalized spacial score (nSPS) is 14.1. The molecule has 0 spiro atoms. The Morgan fingerprint density at radius 1 is 1.13 bits per heavy atom. The number of nitro benzene ring substituents is 1. The molecule has 0 bridgehead atoms. The van der Waals surface area contributed by atoms with Crippen molar-refractivity contribution in [3.8, 4) is 0 Å². The number of hydrogen-bond donors (Lipinski definition) is 1. The van der Waals surface area contributed by atoms with E-state index in [4.69, 9.17) is 4.74 Å². The molecule has 0 atom stereocenters. The van der Waals surface area contributed by atoms with Crippen LogP contribution in [0.3, 0.4) is 0 Å². The Kier molecular flexibility index (Phi) is 5.94. The molecule has 1 aromatic heterocycles. The summed E-state index contributed by atoms with van der Waals surface area (Å²) in [5.41, 5.74) is 2.11. The van der Waals surface area contributed by atoms with Crippen molar-refractivity contribution in [3.63, 3.8) is 0 Å². The summed E-state index contributed by atoms with van der Waals surface area (Å²) in [6.07, 6.45) is 2.80. The maximum absolute atomic E-state index is 12.9. The third-order valence-corrected chi connectivity index (χ3v) is 5.33. The number of anilines is 1. The van der Waals surface area contributed by atoms with Gasteiger partial charge >= 0.3 is 0 Å². The molecule has 1 N–H and O–H groups in total. The van der Waals surface area contributed by atoms with Gasteiger partial charge in [0.05, 0.1) is 29.4 Å². The van der Waals surface area contributed by atoms with Crippen molar-refractivity contribution in [2.75, 3.05) is 37.7 Å². The van der Waals surface area contributed by atoms with Gasteiger partial charge < -0.3 is 19.5 Å². The first-order chi connectivity index (χ1) is 14.6. The number of nitro groups is 1. The van der Waals surface area contributed by atoms with Gasteiger partial charge in [-0.3, -0.25) is 14.9 Å². The van der Waals surface area contributed by atoms with E-state index in [0.717, 1.165) is 18.5 Å². The summed E-state index contributed by atoms with van der Waals surface area (Å²) in [6.45, 7) is 3.71. The van der Waals surface area contributed by atoms with Gasteiger partial charge in [-0.05, 0) is 30.0 Å².